The molecule has 0 saturated carbocycles. The van der Waals surface area contributed by atoms with Gasteiger partial charge < -0.3 is 15.5 Å². The van der Waals surface area contributed by atoms with Crippen LogP contribution in [0.2, 0.25) is 0 Å². The fourth-order valence-corrected chi connectivity index (χ4v) is 6.31. The number of thiophene rings is 1. The monoisotopic (exact) mass is 584 g/mol. The summed E-state index contributed by atoms with van der Waals surface area (Å²) in [5, 5.41) is 5.73. The molecule has 10 nitrogen and oxygen atoms in total. The average molecular weight is 585 g/mol. The molecule has 0 unspecified atom stereocenters. The number of fused-ring (bicyclic) bond motifs is 2. The van der Waals surface area contributed by atoms with Gasteiger partial charge in [-0.1, -0.05) is 24.3 Å². The van der Waals surface area contributed by atoms with E-state index in [4.69, 9.17) is 0 Å². The molecule has 2 N–H and O–H groups in total. The first-order chi connectivity index (χ1) is 20.2. The number of carbonyl (C=O) groups is 4. The number of aromatic nitrogens is 2. The molecule has 0 radical (unpaired) electrons. The number of hydrogen-bond donors (Lipinski definition) is 2. The number of benzene rings is 2. The summed E-state index contributed by atoms with van der Waals surface area (Å²) in [4.78, 5) is 64.7. The number of imide groups is 1. The van der Waals surface area contributed by atoms with Gasteiger partial charge in [0.2, 0.25) is 5.91 Å². The molecule has 2 aliphatic heterocycles. The highest BCUT2D eigenvalue weighted by Crippen LogP contribution is 2.39. The fraction of sp³-hybridized carbons (Fsp3) is 0.200. The van der Waals surface area contributed by atoms with Gasteiger partial charge in [-0.3, -0.25) is 24.1 Å². The molecule has 0 aliphatic carbocycles. The minimum absolute atomic E-state index is 0.0887. The maximum absolute atomic E-state index is 14.0. The summed E-state index contributed by atoms with van der Waals surface area (Å²) in [6, 6.07) is 13.6. The van der Waals surface area contributed by atoms with Gasteiger partial charge in [0, 0.05) is 18.5 Å². The molecular formula is C30H25FN6O4S. The van der Waals surface area contributed by atoms with Gasteiger partial charge in [-0.25, -0.2) is 14.4 Å². The van der Waals surface area contributed by atoms with Crippen molar-refractivity contribution < 1.29 is 23.6 Å². The molecule has 4 amide bonds. The van der Waals surface area contributed by atoms with Crippen LogP contribution in [0, 0.1) is 12.7 Å². The van der Waals surface area contributed by atoms with Crippen LogP contribution in [0.25, 0.3) is 10.6 Å². The fourth-order valence-electron chi connectivity index (χ4n) is 5.30. The molecule has 12 heteroatoms. The smallest absolute Gasteiger partial charge is 0.261 e. The van der Waals surface area contributed by atoms with Crippen LogP contribution in [0.1, 0.15) is 41.5 Å². The van der Waals surface area contributed by atoms with E-state index in [0.29, 0.717) is 44.3 Å². The van der Waals surface area contributed by atoms with Crippen molar-refractivity contribution in [2.75, 3.05) is 30.4 Å². The quantitative estimate of drug-likeness (QED) is 0.318. The van der Waals surface area contributed by atoms with Crippen LogP contribution in [0.4, 0.5) is 15.9 Å². The van der Waals surface area contributed by atoms with Crippen molar-refractivity contribution >= 4 is 46.5 Å². The Morgan fingerprint density at radius 1 is 1.07 bits per heavy atom. The lowest BCUT2D eigenvalue weighted by molar-refractivity contribution is -0.115. The zero-order valence-corrected chi connectivity index (χ0v) is 23.5. The highest BCUT2D eigenvalue weighted by atomic mass is 32.1. The minimum Gasteiger partial charge on any atom is -0.360 e. The molecule has 4 aromatic rings. The van der Waals surface area contributed by atoms with Crippen LogP contribution in [0.5, 0.6) is 0 Å². The zero-order chi connectivity index (χ0) is 29.5. The second kappa shape index (κ2) is 10.8. The number of nitrogens with one attached hydrogen (secondary N) is 2. The van der Waals surface area contributed by atoms with Crippen LogP contribution < -0.4 is 15.5 Å². The summed E-state index contributed by atoms with van der Waals surface area (Å²) in [5.74, 6) is -1.49. The lowest BCUT2D eigenvalue weighted by Crippen LogP contribution is -2.47. The molecule has 2 aliphatic rings. The van der Waals surface area contributed by atoms with Gasteiger partial charge >= 0.3 is 0 Å². The minimum atomic E-state index is -0.697. The third-order valence-electron chi connectivity index (χ3n) is 7.23. The zero-order valence-electron chi connectivity index (χ0n) is 22.7. The Kier molecular flexibility index (Phi) is 6.99. The Labute approximate surface area is 244 Å². The molecule has 2 aromatic heterocycles. The molecule has 212 valence electrons. The molecule has 0 spiro atoms. The van der Waals surface area contributed by atoms with Crippen molar-refractivity contribution in [2.24, 2.45) is 0 Å². The Morgan fingerprint density at radius 2 is 1.81 bits per heavy atom. The number of hydrogen-bond acceptors (Lipinski definition) is 8. The Balaban J connectivity index is 1.28. The van der Waals surface area contributed by atoms with Crippen LogP contribution >= 0.6 is 11.3 Å². The standard InChI is InChI=1S/C30H25FN6O4S/c1-16-22(12-23(42-16)25-26-27(33-15-32-25)35-24(38)14-36(26)2)28(39)34-19(11-17-6-5-7-18(31)10-17)13-37-29(40)20-8-3-4-9-21(20)30(37)41/h3-10,12,15,19H,11,13-14H2,1-2H3,(H,34,39)(H,32,33,35,38)/t19-/m0/s1. The summed E-state index contributed by atoms with van der Waals surface area (Å²) < 4.78 is 14.0. The van der Waals surface area contributed by atoms with Crippen LogP contribution in [0.3, 0.4) is 0 Å². The van der Waals surface area contributed by atoms with Crippen molar-refractivity contribution in [1.29, 1.82) is 0 Å². The summed E-state index contributed by atoms with van der Waals surface area (Å²) in [6.45, 7) is 1.87. The third kappa shape index (κ3) is 5.00. The lowest BCUT2D eigenvalue weighted by atomic mass is 10.0. The molecular weight excluding hydrogens is 559 g/mol. The second-order valence-electron chi connectivity index (χ2n) is 10.2. The number of rotatable bonds is 7. The Hall–Kier alpha value is -4.97. The van der Waals surface area contributed by atoms with Crippen LogP contribution in [-0.4, -0.2) is 64.7 Å². The Bertz CT molecular complexity index is 1740. The summed E-state index contributed by atoms with van der Waals surface area (Å²) in [5.41, 5.74) is 2.86. The van der Waals surface area contributed by atoms with E-state index in [2.05, 4.69) is 20.6 Å². The third-order valence-corrected chi connectivity index (χ3v) is 8.28. The molecule has 1 atom stereocenters. The maximum atomic E-state index is 14.0. The molecule has 0 bridgehead atoms. The van der Waals surface area contributed by atoms with Gasteiger partial charge in [-0.15, -0.1) is 11.3 Å². The predicted molar refractivity (Wildman–Crippen MR) is 155 cm³/mol. The maximum Gasteiger partial charge on any atom is 0.261 e. The Morgan fingerprint density at radius 3 is 2.52 bits per heavy atom. The normalized spacial score (nSPS) is 14.9. The van der Waals surface area contributed by atoms with E-state index in [0.717, 1.165) is 9.78 Å². The van der Waals surface area contributed by atoms with Crippen molar-refractivity contribution in [1.82, 2.24) is 20.2 Å². The number of halogens is 1. The molecule has 2 aromatic carbocycles. The summed E-state index contributed by atoms with van der Waals surface area (Å²) >= 11 is 1.37. The van der Waals surface area contributed by atoms with E-state index in [1.54, 1.807) is 54.4 Å². The first-order valence-corrected chi connectivity index (χ1v) is 14.0. The van der Waals surface area contributed by atoms with E-state index in [1.165, 1.54) is 29.8 Å². The first-order valence-electron chi connectivity index (χ1n) is 13.2. The van der Waals surface area contributed by atoms with E-state index in [-0.39, 0.29) is 25.4 Å². The SMILES string of the molecule is Cc1sc(-c2ncnc3c2N(C)CC(=O)N3)cc1C(=O)N[C@@H](Cc1cccc(F)c1)CN1C(=O)c2ccccc2C1=O. The van der Waals surface area contributed by atoms with Gasteiger partial charge in [-0.2, -0.15) is 0 Å². The van der Waals surface area contributed by atoms with E-state index in [1.807, 2.05) is 6.92 Å². The summed E-state index contributed by atoms with van der Waals surface area (Å²) in [6.07, 6.45) is 1.55. The number of amides is 4. The van der Waals surface area contributed by atoms with Crippen molar-refractivity contribution in [3.8, 4) is 10.6 Å². The topological polar surface area (TPSA) is 125 Å². The van der Waals surface area contributed by atoms with Gasteiger partial charge in [0.15, 0.2) is 5.82 Å². The molecule has 42 heavy (non-hydrogen) atoms. The lowest BCUT2D eigenvalue weighted by Gasteiger charge is -2.27. The van der Waals surface area contributed by atoms with E-state index < -0.39 is 29.6 Å². The van der Waals surface area contributed by atoms with Crippen molar-refractivity contribution in [3.05, 3.63) is 93.9 Å². The number of nitrogens with zero attached hydrogens (tertiary/aromatic N) is 4. The average Bonchev–Trinajstić information content (AvgIpc) is 3.46. The highest BCUT2D eigenvalue weighted by Gasteiger charge is 2.37. The number of likely N-dealkylation sites (N-methyl/N-ethyl adjacent to an activating group) is 1. The highest BCUT2D eigenvalue weighted by molar-refractivity contribution is 7.15. The molecule has 0 fully saturated rings. The van der Waals surface area contributed by atoms with Crippen LogP contribution in [-0.2, 0) is 11.2 Å². The first kappa shape index (κ1) is 27.2. The predicted octanol–water partition coefficient (Wildman–Crippen LogP) is 3.68. The van der Waals surface area contributed by atoms with Crippen molar-refractivity contribution in [3.63, 3.8) is 0 Å². The van der Waals surface area contributed by atoms with Crippen LogP contribution in [0.15, 0.2) is 60.9 Å². The van der Waals surface area contributed by atoms with Gasteiger partial charge in [0.05, 0.1) is 34.2 Å². The van der Waals surface area contributed by atoms with Gasteiger partial charge in [-0.05, 0) is 49.2 Å². The number of anilines is 2. The van der Waals surface area contributed by atoms with E-state index in [9.17, 15) is 23.6 Å². The second-order valence-corrected chi connectivity index (χ2v) is 11.4. The summed E-state index contributed by atoms with van der Waals surface area (Å²) in [7, 11) is 1.77. The van der Waals surface area contributed by atoms with Crippen molar-refractivity contribution in [2.45, 2.75) is 19.4 Å². The number of carbonyl (C=O) groups excluding carboxylic acids is 4. The van der Waals surface area contributed by atoms with E-state index >= 15 is 0 Å². The molecule has 0 saturated heterocycles. The van der Waals surface area contributed by atoms with Gasteiger partial charge in [0.25, 0.3) is 17.7 Å². The molecule has 6 rings (SSSR count). The largest absolute Gasteiger partial charge is 0.360 e. The van der Waals surface area contributed by atoms with Gasteiger partial charge in [0.1, 0.15) is 23.5 Å². The number of aryl methyl sites for hydroxylation is 1. The molecule has 4 heterocycles.